The van der Waals surface area contributed by atoms with E-state index in [1.165, 1.54) is 13.8 Å². The van der Waals surface area contributed by atoms with Gasteiger partial charge in [0.1, 0.15) is 31.9 Å². The molecule has 3 N–H and O–H groups in total. The van der Waals surface area contributed by atoms with Crippen molar-refractivity contribution in [3.63, 3.8) is 0 Å². The van der Waals surface area contributed by atoms with E-state index in [2.05, 4.69) is 128 Å². The van der Waals surface area contributed by atoms with Gasteiger partial charge in [-0.25, -0.2) is 33.7 Å². The SMILES string of the molecule is C.C.C.[C-]#[N+]CCOP(OCCCCCCNC(=O)CCC(C)=O)N(C(C)C)C(C)C.[C-]#[N+]CCOP(OCCCCCCNC(=O)c1ccc(C(C)=O)cc1)N(C(C)C)C(C)C.[C-]#[N+]CCOP(OCCCCCCNC(=O)c1ccc(C=O)cc1)N(C(C)C)C(C)C. The summed E-state index contributed by atoms with van der Waals surface area (Å²) in [6, 6.07) is 15.1. The van der Waals surface area contributed by atoms with Gasteiger partial charge in [0.05, 0.1) is 19.8 Å². The minimum atomic E-state index is -1.17. The van der Waals surface area contributed by atoms with E-state index in [0.717, 1.165) is 83.3 Å². The van der Waals surface area contributed by atoms with E-state index in [9.17, 15) is 28.8 Å². The Hall–Kier alpha value is -4.74. The molecule has 0 heterocycles. The number of ketones is 2. The van der Waals surface area contributed by atoms with Crippen LogP contribution in [0.1, 0.15) is 251 Å². The van der Waals surface area contributed by atoms with Crippen molar-refractivity contribution >= 4 is 61.2 Å². The maximum atomic E-state index is 12.2. The molecule has 2 aromatic rings. The number of Topliss-reactive ketones (excluding diaryl/α,β-unsaturated/α-hetero) is 2. The van der Waals surface area contributed by atoms with E-state index in [-0.39, 0.29) is 58.0 Å². The molecule has 0 aliphatic rings. The zero-order valence-electron chi connectivity index (χ0n) is 57.5. The second-order valence-electron chi connectivity index (χ2n) is 23.2. The number of hydrogen-bond acceptors (Lipinski definition) is 15. The summed E-state index contributed by atoms with van der Waals surface area (Å²) in [5.41, 5.74) is 2.29. The van der Waals surface area contributed by atoms with Crippen molar-refractivity contribution in [3.8, 4) is 0 Å². The number of rotatable bonds is 49. The van der Waals surface area contributed by atoms with E-state index in [1.807, 2.05) is 0 Å². The molecule has 0 fully saturated rings. The molecule has 0 aliphatic carbocycles. The van der Waals surface area contributed by atoms with Crippen LogP contribution in [0.4, 0.5) is 0 Å². The molecule has 24 heteroatoms. The first-order valence-electron chi connectivity index (χ1n) is 32.5. The molecular formula is C70H124N9O12P3. The van der Waals surface area contributed by atoms with Gasteiger partial charge in [0.25, 0.3) is 37.4 Å². The summed E-state index contributed by atoms with van der Waals surface area (Å²) >= 11 is 0. The third-order valence-electron chi connectivity index (χ3n) is 13.2. The zero-order valence-corrected chi connectivity index (χ0v) is 60.2. The van der Waals surface area contributed by atoms with E-state index in [0.29, 0.717) is 144 Å². The quantitative estimate of drug-likeness (QED) is 0.0185. The minimum absolute atomic E-state index is 0. The highest BCUT2D eigenvalue weighted by Gasteiger charge is 2.30. The Bertz CT molecular complexity index is 2400. The van der Waals surface area contributed by atoms with E-state index in [4.69, 9.17) is 46.9 Å². The molecule has 94 heavy (non-hydrogen) atoms. The van der Waals surface area contributed by atoms with Gasteiger partial charge in [0.2, 0.25) is 25.5 Å². The summed E-state index contributed by atoms with van der Waals surface area (Å²) in [5.74, 6) is -0.256. The number of amides is 3. The van der Waals surface area contributed by atoms with Crippen molar-refractivity contribution in [2.45, 2.75) is 245 Å². The molecule has 0 aliphatic heterocycles. The highest BCUT2D eigenvalue weighted by atomic mass is 31.2. The van der Waals surface area contributed by atoms with Crippen molar-refractivity contribution in [1.29, 1.82) is 0 Å². The van der Waals surface area contributed by atoms with Gasteiger partial charge in [-0.1, -0.05) is 85.1 Å². The normalized spacial score (nSPS) is 11.9. The molecule has 2 aromatic carbocycles. The molecular weight excluding hydrogens is 1250 g/mol. The molecule has 21 nitrogen and oxygen atoms in total. The second-order valence-corrected chi connectivity index (χ2v) is 27.6. The Morgan fingerprint density at radius 3 is 0.968 bits per heavy atom. The monoisotopic (exact) mass is 1380 g/mol. The lowest BCUT2D eigenvalue weighted by Crippen LogP contribution is -2.33. The topological polar surface area (TPSA) is 217 Å². The number of nitrogens with one attached hydrogen (secondary N) is 3. The van der Waals surface area contributed by atoms with Gasteiger partial charge in [0, 0.05) is 91.0 Å². The van der Waals surface area contributed by atoms with Gasteiger partial charge in [-0.2, -0.15) is 0 Å². The summed E-state index contributed by atoms with van der Waals surface area (Å²) in [5, 5.41) is 8.68. The van der Waals surface area contributed by atoms with E-state index >= 15 is 0 Å². The van der Waals surface area contributed by atoms with Crippen molar-refractivity contribution in [3.05, 3.63) is 105 Å². The molecule has 0 saturated heterocycles. The van der Waals surface area contributed by atoms with Crippen molar-refractivity contribution in [2.75, 3.05) is 78.9 Å². The number of aldehydes is 1. The summed E-state index contributed by atoms with van der Waals surface area (Å²) < 4.78 is 42.5. The number of hydrogen-bond donors (Lipinski definition) is 3. The summed E-state index contributed by atoms with van der Waals surface area (Å²) in [7, 11) is -3.50. The Balaban J connectivity index is -0.000000638. The van der Waals surface area contributed by atoms with Gasteiger partial charge in [-0.05, 0) is 160 Å². The third-order valence-corrected chi connectivity index (χ3v) is 19.6. The van der Waals surface area contributed by atoms with Crippen LogP contribution in [0.2, 0.25) is 0 Å². The van der Waals surface area contributed by atoms with Crippen LogP contribution in [0.25, 0.3) is 14.5 Å². The molecule has 0 saturated carbocycles. The molecule has 536 valence electrons. The van der Waals surface area contributed by atoms with Crippen LogP contribution in [0.3, 0.4) is 0 Å². The molecule has 3 atom stereocenters. The molecule has 2 rings (SSSR count). The molecule has 0 bridgehead atoms. The van der Waals surface area contributed by atoms with Gasteiger partial charge in [-0.15, -0.1) is 0 Å². The number of carbonyl (C=O) groups is 6. The number of unbranched alkanes of at least 4 members (excludes halogenated alkanes) is 9. The summed E-state index contributed by atoms with van der Waals surface area (Å²) in [6.07, 6.45) is 12.9. The van der Waals surface area contributed by atoms with Gasteiger partial charge < -0.3 is 62.4 Å². The van der Waals surface area contributed by atoms with Gasteiger partial charge in [-0.3, -0.25) is 24.0 Å². The predicted molar refractivity (Wildman–Crippen MR) is 389 cm³/mol. The maximum Gasteiger partial charge on any atom is 0.259 e. The lowest BCUT2D eigenvalue weighted by Gasteiger charge is -2.35. The lowest BCUT2D eigenvalue weighted by molar-refractivity contribution is -0.124. The Labute approximate surface area is 573 Å². The highest BCUT2D eigenvalue weighted by molar-refractivity contribution is 7.45. The zero-order chi connectivity index (χ0) is 68.4. The fourth-order valence-corrected chi connectivity index (χ4v) is 13.7. The summed E-state index contributed by atoms with van der Waals surface area (Å²) in [6.45, 7) is 55.3. The second kappa shape index (κ2) is 60.7. The number of benzene rings is 2. The maximum absolute atomic E-state index is 12.2. The Kier molecular flexibility index (Phi) is 61.7. The van der Waals surface area contributed by atoms with Crippen LogP contribution in [0.5, 0.6) is 0 Å². The van der Waals surface area contributed by atoms with Gasteiger partial charge >= 0.3 is 0 Å². The molecule has 3 unspecified atom stereocenters. The fourth-order valence-electron chi connectivity index (χ4n) is 8.88. The van der Waals surface area contributed by atoms with Gasteiger partial charge in [0.15, 0.2) is 5.78 Å². The first kappa shape index (κ1) is 95.7. The van der Waals surface area contributed by atoms with Crippen LogP contribution in [0, 0.1) is 19.7 Å². The van der Waals surface area contributed by atoms with Crippen LogP contribution < -0.4 is 16.0 Å². The van der Waals surface area contributed by atoms with Crippen molar-refractivity contribution in [2.24, 2.45) is 0 Å². The Morgan fingerprint density at radius 1 is 0.415 bits per heavy atom. The number of nitrogens with zero attached hydrogens (tertiary/aromatic N) is 6. The van der Waals surface area contributed by atoms with E-state index in [1.54, 1.807) is 48.5 Å². The first-order chi connectivity index (χ1) is 43.5. The van der Waals surface area contributed by atoms with Crippen molar-refractivity contribution in [1.82, 2.24) is 30.0 Å². The average molecular weight is 1380 g/mol. The molecule has 0 radical (unpaired) electrons. The van der Waals surface area contributed by atoms with Crippen LogP contribution >= 0.6 is 25.6 Å². The standard InChI is InChI=1S/C24H38N3O4P.C23H36N3O4P.C20H38N3O4P.3CH4/c1-19(2)27(20(3)4)32(31-18-16-25-6)30-17-10-8-7-9-15-26-24(29)23-13-11-22(12-14-23)21(5)28;1-19(2)26(20(3)4)31(30-17-15-24-5)29-16-9-7-6-8-14-25-23(28)22-12-10-21(18-27)11-13-22;1-17(2)23(18(3)4)28(27-16-14-21-6)26-15-10-8-7-9-13-22-20(25)12-11-19(5)24;;;/h11-14,19-20H,7-10,15-18H2,1-5H3,(H,26,29);10-13,18-20H,6-9,14-17H2,1-4H3,(H,25,28);17-18H,7-16H2,1-5H3,(H,22,25);3*1H4. The van der Waals surface area contributed by atoms with Crippen molar-refractivity contribution < 1.29 is 55.9 Å². The number of carbonyl (C=O) groups excluding carboxylic acids is 6. The first-order valence-corrected chi connectivity index (χ1v) is 35.9. The largest absolute Gasteiger partial charge is 0.356 e. The third kappa shape index (κ3) is 46.4. The molecule has 3 amide bonds. The smallest absolute Gasteiger partial charge is 0.259 e. The highest BCUT2D eigenvalue weighted by Crippen LogP contribution is 2.48. The van der Waals surface area contributed by atoms with E-state index < -0.39 is 25.6 Å². The lowest BCUT2D eigenvalue weighted by atomic mass is 10.1. The summed E-state index contributed by atoms with van der Waals surface area (Å²) in [4.78, 5) is 78.6. The fraction of sp³-hybridized carbons (Fsp3) is 0.700. The minimum Gasteiger partial charge on any atom is -0.356 e. The molecule has 0 spiro atoms. The Morgan fingerprint density at radius 2 is 0.691 bits per heavy atom. The van der Waals surface area contributed by atoms with Crippen LogP contribution in [0.15, 0.2) is 48.5 Å². The molecule has 0 aromatic heterocycles. The van der Waals surface area contributed by atoms with Crippen LogP contribution in [-0.4, -0.2) is 165 Å². The average Bonchev–Trinajstić information content (AvgIpc) is 1.04. The predicted octanol–water partition coefficient (Wildman–Crippen LogP) is 16.8. The van der Waals surface area contributed by atoms with Crippen LogP contribution in [-0.2, 0) is 36.7 Å².